The normalized spacial score (nSPS) is 20.7. The Morgan fingerprint density at radius 3 is 0.766 bits per heavy atom. The van der Waals surface area contributed by atoms with Crippen LogP contribution < -0.4 is 0 Å². The largest absolute Gasteiger partial charge is 0.657 e. The van der Waals surface area contributed by atoms with Crippen LogP contribution in [0.2, 0.25) is 0 Å². The van der Waals surface area contributed by atoms with Crippen molar-refractivity contribution in [3.8, 4) is 0 Å². The summed E-state index contributed by atoms with van der Waals surface area (Å²) in [7, 11) is 1.25. The van der Waals surface area contributed by atoms with Gasteiger partial charge in [0.2, 0.25) is 0 Å². The van der Waals surface area contributed by atoms with Crippen molar-refractivity contribution < 1.29 is 10.9 Å². The second kappa shape index (κ2) is 23.5. The third-order valence-electron chi connectivity index (χ3n) is 8.79. The average molecular weight is 803 g/mol. The van der Waals surface area contributed by atoms with E-state index < -0.39 is 0 Å². The fourth-order valence-corrected chi connectivity index (χ4v) is 6.26. The number of hydrogen-bond donors (Lipinski definition) is 0. The maximum atomic E-state index is 4.95. The Morgan fingerprint density at radius 1 is 0.383 bits per heavy atom. The first-order valence-electron chi connectivity index (χ1n) is 16.9. The standard InChI is InChI=1S/2C20H24N2.2BrH.Ni/c2*1-3-9-17(10-4-1)15-21-19-13-7-8-14-20(19)22-16-18-11-5-2-6-12-18;;;/h2*1-6,9-12,19-20H,7-8,13-16H2;2*1H;/q2*-2;;;+2/p-2/t2*19-,20?;;;/m11.../s1. The Labute approximate surface area is 304 Å². The van der Waals surface area contributed by atoms with Crippen molar-refractivity contribution in [2.45, 2.75) is 102 Å². The minimum atomic E-state index is 0.401. The van der Waals surface area contributed by atoms with Crippen LogP contribution in [0.5, 0.6) is 0 Å². The quantitative estimate of drug-likeness (QED) is 0.128. The van der Waals surface area contributed by atoms with Crippen LogP contribution in [0, 0.1) is 0 Å². The molecular formula is C40H48Br2N4Ni-4. The van der Waals surface area contributed by atoms with Crippen molar-refractivity contribution in [1.29, 1.82) is 0 Å². The number of rotatable bonds is 12. The van der Waals surface area contributed by atoms with E-state index in [9.17, 15) is 0 Å². The number of nitrogens with zero attached hydrogens (tertiary/aromatic N) is 4. The molecule has 2 fully saturated rings. The molecule has 0 spiro atoms. The van der Waals surface area contributed by atoms with Gasteiger partial charge in [-0.25, -0.2) is 0 Å². The van der Waals surface area contributed by atoms with Gasteiger partial charge in [-0.1, -0.05) is 195 Å². The van der Waals surface area contributed by atoms with Gasteiger partial charge in [0, 0.05) is 0 Å². The van der Waals surface area contributed by atoms with E-state index in [4.69, 9.17) is 21.3 Å². The number of hydrogen-bond acceptors (Lipinski definition) is 0. The van der Waals surface area contributed by atoms with Crippen LogP contribution in [0.25, 0.3) is 21.3 Å². The summed E-state index contributed by atoms with van der Waals surface area (Å²) in [5, 5.41) is 19.8. The molecule has 4 aromatic rings. The van der Waals surface area contributed by atoms with Crippen LogP contribution in [0.4, 0.5) is 0 Å². The predicted octanol–water partition coefficient (Wildman–Crippen LogP) is 12.6. The molecule has 2 aliphatic carbocycles. The first-order chi connectivity index (χ1) is 23.2. The van der Waals surface area contributed by atoms with Gasteiger partial charge in [-0.05, 0) is 0 Å². The molecule has 0 aliphatic heterocycles. The maximum absolute atomic E-state index is 4.95. The summed E-state index contributed by atoms with van der Waals surface area (Å²) < 4.78 is 0. The molecule has 2 aliphatic rings. The van der Waals surface area contributed by atoms with E-state index in [1.165, 1.54) is 84.5 Å². The van der Waals surface area contributed by atoms with Gasteiger partial charge in [0.25, 0.3) is 0 Å². The molecule has 0 radical (unpaired) electrons. The monoisotopic (exact) mass is 800 g/mol. The van der Waals surface area contributed by atoms with Crippen LogP contribution in [0.1, 0.15) is 73.6 Å². The molecule has 4 nitrogen and oxygen atoms in total. The van der Waals surface area contributed by atoms with Gasteiger partial charge in [0.05, 0.1) is 0 Å². The molecule has 6 rings (SSSR count). The van der Waals surface area contributed by atoms with Crippen molar-refractivity contribution in [1.82, 2.24) is 0 Å². The Bertz CT molecular complexity index is 1110. The van der Waals surface area contributed by atoms with Crippen LogP contribution in [-0.4, -0.2) is 24.2 Å². The van der Waals surface area contributed by atoms with Gasteiger partial charge in [-0.3, -0.25) is 0 Å². The van der Waals surface area contributed by atoms with Crippen LogP contribution >= 0.6 is 28.5 Å². The SMILES string of the molecule is [Br][Ni][Br].c1ccc(C[N-]C2CCCC[C@H]2[N-]Cc2ccccc2)cc1.c1ccc(C[N-]C2CCCC[C@H]2[N-]Cc2ccccc2)cc1. The first-order valence-corrected chi connectivity index (χ1v) is 21.8. The molecule has 2 unspecified atom stereocenters. The Balaban J connectivity index is 0.000000197. The zero-order chi connectivity index (χ0) is 32.8. The second-order valence-corrected chi connectivity index (χ2v) is 17.2. The van der Waals surface area contributed by atoms with Crippen LogP contribution in [0.15, 0.2) is 121 Å². The topological polar surface area (TPSA) is 56.4 Å². The smallest absolute Gasteiger partial charge is 0.0548 e. The molecule has 0 saturated heterocycles. The molecule has 7 heteroatoms. The Hall–Kier alpha value is -1.83. The summed E-state index contributed by atoms with van der Waals surface area (Å²) in [4.78, 5) is 0. The van der Waals surface area contributed by atoms with Gasteiger partial charge >= 0.3 is 39.3 Å². The van der Waals surface area contributed by atoms with Crippen molar-refractivity contribution in [3.05, 3.63) is 165 Å². The fraction of sp³-hybridized carbons (Fsp3) is 0.400. The van der Waals surface area contributed by atoms with Gasteiger partial charge in [0.1, 0.15) is 0 Å². The van der Waals surface area contributed by atoms with E-state index in [-0.39, 0.29) is 0 Å². The summed E-state index contributed by atoms with van der Waals surface area (Å²) in [6.45, 7) is 3.29. The van der Waals surface area contributed by atoms with E-state index >= 15 is 0 Å². The average Bonchev–Trinajstić information content (AvgIpc) is 3.14. The van der Waals surface area contributed by atoms with Crippen molar-refractivity contribution >= 4 is 28.5 Å². The van der Waals surface area contributed by atoms with Gasteiger partial charge in [-0.15, -0.1) is 26.2 Å². The summed E-state index contributed by atoms with van der Waals surface area (Å²) in [6, 6.07) is 43.8. The zero-order valence-electron chi connectivity index (χ0n) is 27.2. The molecule has 0 aromatic heterocycles. The zero-order valence-corrected chi connectivity index (χ0v) is 31.4. The predicted molar refractivity (Wildman–Crippen MR) is 204 cm³/mol. The second-order valence-electron chi connectivity index (χ2n) is 12.2. The molecule has 4 atom stereocenters. The first kappa shape index (κ1) is 38.0. The summed E-state index contributed by atoms with van der Waals surface area (Å²) in [6.07, 6.45) is 9.93. The van der Waals surface area contributed by atoms with Crippen molar-refractivity contribution in [2.75, 3.05) is 0 Å². The Morgan fingerprint density at radius 2 is 0.574 bits per heavy atom. The number of benzene rings is 4. The Kier molecular flexibility index (Phi) is 19.0. The third-order valence-corrected chi connectivity index (χ3v) is 8.79. The molecule has 0 N–H and O–H groups in total. The van der Waals surface area contributed by atoms with Crippen molar-refractivity contribution in [2.24, 2.45) is 0 Å². The fourth-order valence-electron chi connectivity index (χ4n) is 6.26. The minimum Gasteiger partial charge on any atom is -0.657 e. The van der Waals surface area contributed by atoms with E-state index in [0.29, 0.717) is 24.2 Å². The molecule has 47 heavy (non-hydrogen) atoms. The molecule has 2 saturated carbocycles. The number of halogens is 2. The summed E-state index contributed by atoms with van der Waals surface area (Å²) in [5.41, 5.74) is 5.20. The van der Waals surface area contributed by atoms with Crippen molar-refractivity contribution in [3.63, 3.8) is 0 Å². The molecule has 4 aromatic carbocycles. The van der Waals surface area contributed by atoms with Gasteiger partial charge < -0.3 is 21.3 Å². The third kappa shape index (κ3) is 15.1. The van der Waals surface area contributed by atoms with E-state index in [0.717, 1.165) is 26.2 Å². The molecule has 0 heterocycles. The van der Waals surface area contributed by atoms with Crippen LogP contribution in [0.3, 0.4) is 0 Å². The van der Waals surface area contributed by atoms with E-state index in [2.05, 4.69) is 150 Å². The maximum Gasteiger partial charge on any atom is -0.0548 e. The molecule has 0 amide bonds. The van der Waals surface area contributed by atoms with Gasteiger partial charge in [0.15, 0.2) is 0 Å². The minimum absolute atomic E-state index is 0.401. The van der Waals surface area contributed by atoms with Crippen LogP contribution in [-0.2, 0) is 37.1 Å². The molecule has 0 bridgehead atoms. The summed E-state index contributed by atoms with van der Waals surface area (Å²) in [5.74, 6) is 0. The van der Waals surface area contributed by atoms with E-state index in [1.54, 1.807) is 0 Å². The van der Waals surface area contributed by atoms with E-state index in [1.807, 2.05) is 0 Å². The molecule has 256 valence electrons. The van der Waals surface area contributed by atoms with Gasteiger partial charge in [-0.2, -0.15) is 24.2 Å². The molecular weight excluding hydrogens is 755 g/mol. The summed E-state index contributed by atoms with van der Waals surface area (Å²) >= 11 is 6.00.